The van der Waals surface area contributed by atoms with Crippen LogP contribution in [0.3, 0.4) is 0 Å². The van der Waals surface area contributed by atoms with Gasteiger partial charge in [-0.2, -0.15) is 0 Å². The molecular weight excluding hydrogens is 312 g/mol. The zero-order valence-electron chi connectivity index (χ0n) is 15.6. The van der Waals surface area contributed by atoms with Crippen molar-refractivity contribution in [1.29, 1.82) is 0 Å². The quantitative estimate of drug-likeness (QED) is 0.750. The smallest absolute Gasteiger partial charge is 0.410 e. The molecule has 134 valence electrons. The molecule has 4 heteroatoms. The molecule has 0 spiro atoms. The molecule has 0 saturated heterocycles. The van der Waals surface area contributed by atoms with E-state index in [0.717, 1.165) is 18.4 Å². The first kappa shape index (κ1) is 19.0. The zero-order valence-corrected chi connectivity index (χ0v) is 15.6. The third-order valence-corrected chi connectivity index (χ3v) is 4.43. The van der Waals surface area contributed by atoms with E-state index < -0.39 is 0 Å². The van der Waals surface area contributed by atoms with Crippen LogP contribution in [0.5, 0.6) is 5.75 Å². The molecule has 0 saturated carbocycles. The van der Waals surface area contributed by atoms with Crippen molar-refractivity contribution in [3.05, 3.63) is 65.7 Å². The lowest BCUT2D eigenvalue weighted by atomic mass is 10.1. The van der Waals surface area contributed by atoms with Crippen molar-refractivity contribution in [1.82, 2.24) is 9.80 Å². The lowest BCUT2D eigenvalue weighted by Crippen LogP contribution is -2.30. The molecule has 0 aromatic heterocycles. The third-order valence-electron chi connectivity index (χ3n) is 4.43. The van der Waals surface area contributed by atoms with E-state index in [1.54, 1.807) is 11.9 Å². The molecule has 4 nitrogen and oxygen atoms in total. The Kier molecular flexibility index (Phi) is 7.02. The summed E-state index contributed by atoms with van der Waals surface area (Å²) in [4.78, 5) is 16.0. The molecule has 0 aliphatic heterocycles. The zero-order chi connectivity index (χ0) is 18.2. The molecule has 0 bridgehead atoms. The number of carbonyl (C=O) groups is 1. The SMILES string of the molecule is C[C@@H](c1cccc(OC(=O)N(C)CCCc2ccccc2)c1)N(C)C. The van der Waals surface area contributed by atoms with Crippen LogP contribution in [0.4, 0.5) is 4.79 Å². The van der Waals surface area contributed by atoms with Crippen LogP contribution in [0.15, 0.2) is 54.6 Å². The molecular formula is C21H28N2O2. The van der Waals surface area contributed by atoms with E-state index in [-0.39, 0.29) is 12.1 Å². The maximum Gasteiger partial charge on any atom is 0.414 e. The predicted molar refractivity (Wildman–Crippen MR) is 102 cm³/mol. The van der Waals surface area contributed by atoms with Gasteiger partial charge in [-0.15, -0.1) is 0 Å². The summed E-state index contributed by atoms with van der Waals surface area (Å²) in [5.74, 6) is 0.589. The maximum absolute atomic E-state index is 12.3. The average molecular weight is 340 g/mol. The van der Waals surface area contributed by atoms with Crippen LogP contribution in [0.1, 0.15) is 30.5 Å². The molecule has 0 radical (unpaired) electrons. The van der Waals surface area contributed by atoms with E-state index in [9.17, 15) is 4.79 Å². The first-order valence-electron chi connectivity index (χ1n) is 8.70. The molecule has 25 heavy (non-hydrogen) atoms. The van der Waals surface area contributed by atoms with Crippen LogP contribution < -0.4 is 4.74 Å². The van der Waals surface area contributed by atoms with Gasteiger partial charge in [0.05, 0.1) is 0 Å². The summed E-state index contributed by atoms with van der Waals surface area (Å²) in [6.07, 6.45) is 1.55. The van der Waals surface area contributed by atoms with Gasteiger partial charge in [-0.1, -0.05) is 42.5 Å². The number of benzene rings is 2. The summed E-state index contributed by atoms with van der Waals surface area (Å²) in [5, 5.41) is 0. The largest absolute Gasteiger partial charge is 0.414 e. The van der Waals surface area contributed by atoms with Gasteiger partial charge in [-0.05, 0) is 57.1 Å². The van der Waals surface area contributed by atoms with Gasteiger partial charge in [0.2, 0.25) is 0 Å². The molecule has 2 aromatic rings. The molecule has 0 heterocycles. The Hall–Kier alpha value is -2.33. The van der Waals surface area contributed by atoms with Crippen molar-refractivity contribution in [3.8, 4) is 5.75 Å². The monoisotopic (exact) mass is 340 g/mol. The average Bonchev–Trinajstić information content (AvgIpc) is 2.62. The Morgan fingerprint density at radius 3 is 2.44 bits per heavy atom. The Labute approximate surface area is 151 Å². The fraction of sp³-hybridized carbons (Fsp3) is 0.381. The molecule has 2 rings (SSSR count). The molecule has 0 fully saturated rings. The highest BCUT2D eigenvalue weighted by Crippen LogP contribution is 2.22. The number of carbonyl (C=O) groups excluding carboxylic acids is 1. The minimum atomic E-state index is -0.317. The van der Waals surface area contributed by atoms with E-state index >= 15 is 0 Å². The Balaban J connectivity index is 1.85. The summed E-state index contributed by atoms with van der Waals surface area (Å²) in [6, 6.07) is 18.3. The Morgan fingerprint density at radius 2 is 1.76 bits per heavy atom. The molecule has 0 aliphatic carbocycles. The van der Waals surface area contributed by atoms with Gasteiger partial charge in [0, 0.05) is 19.6 Å². The van der Waals surface area contributed by atoms with Gasteiger partial charge in [0.15, 0.2) is 0 Å². The van der Waals surface area contributed by atoms with Gasteiger partial charge >= 0.3 is 6.09 Å². The normalized spacial score (nSPS) is 12.0. The Morgan fingerprint density at radius 1 is 1.04 bits per heavy atom. The van der Waals surface area contributed by atoms with E-state index in [1.165, 1.54) is 5.56 Å². The van der Waals surface area contributed by atoms with E-state index in [0.29, 0.717) is 12.3 Å². The van der Waals surface area contributed by atoms with Gasteiger partial charge in [0.25, 0.3) is 0 Å². The van der Waals surface area contributed by atoms with E-state index in [1.807, 2.05) is 56.6 Å². The fourth-order valence-electron chi connectivity index (χ4n) is 2.57. The van der Waals surface area contributed by atoms with Crippen molar-refractivity contribution in [2.45, 2.75) is 25.8 Å². The topological polar surface area (TPSA) is 32.8 Å². The molecule has 1 amide bonds. The second-order valence-corrected chi connectivity index (χ2v) is 6.59. The number of aryl methyl sites for hydroxylation is 1. The maximum atomic E-state index is 12.3. The first-order chi connectivity index (χ1) is 12.0. The molecule has 2 aromatic carbocycles. The molecule has 0 unspecified atom stereocenters. The van der Waals surface area contributed by atoms with Crippen LogP contribution >= 0.6 is 0 Å². The van der Waals surface area contributed by atoms with E-state index in [4.69, 9.17) is 4.74 Å². The fourth-order valence-corrected chi connectivity index (χ4v) is 2.57. The van der Waals surface area contributed by atoms with Gasteiger partial charge in [-0.3, -0.25) is 0 Å². The number of hydrogen-bond acceptors (Lipinski definition) is 3. The van der Waals surface area contributed by atoms with Crippen molar-refractivity contribution in [3.63, 3.8) is 0 Å². The number of amides is 1. The highest BCUT2D eigenvalue weighted by atomic mass is 16.6. The lowest BCUT2D eigenvalue weighted by Gasteiger charge is -2.21. The Bertz CT molecular complexity index is 671. The minimum Gasteiger partial charge on any atom is -0.410 e. The number of nitrogens with zero attached hydrogens (tertiary/aromatic N) is 2. The summed E-state index contributed by atoms with van der Waals surface area (Å²) >= 11 is 0. The number of hydrogen-bond donors (Lipinski definition) is 0. The second kappa shape index (κ2) is 9.23. The van der Waals surface area contributed by atoms with Crippen LogP contribution in [0.2, 0.25) is 0 Å². The third kappa shape index (κ3) is 5.91. The van der Waals surface area contributed by atoms with E-state index in [2.05, 4.69) is 24.0 Å². The summed E-state index contributed by atoms with van der Waals surface area (Å²) < 4.78 is 5.52. The molecule has 0 aliphatic rings. The van der Waals surface area contributed by atoms with Gasteiger partial charge in [0.1, 0.15) is 5.75 Å². The standard InChI is InChI=1S/C21H28N2O2/c1-17(22(2)3)19-13-8-14-20(16-19)25-21(24)23(4)15-9-12-18-10-6-5-7-11-18/h5-8,10-11,13-14,16-17H,9,12,15H2,1-4H3/t17-/m0/s1. The van der Waals surface area contributed by atoms with Crippen LogP contribution in [0.25, 0.3) is 0 Å². The van der Waals surface area contributed by atoms with Crippen molar-refractivity contribution in [2.24, 2.45) is 0 Å². The summed E-state index contributed by atoms with van der Waals surface area (Å²) in [5.41, 5.74) is 2.41. The highest BCUT2D eigenvalue weighted by molar-refractivity contribution is 5.70. The first-order valence-corrected chi connectivity index (χ1v) is 8.70. The minimum absolute atomic E-state index is 0.266. The van der Waals surface area contributed by atoms with Crippen molar-refractivity contribution >= 4 is 6.09 Å². The van der Waals surface area contributed by atoms with Crippen LogP contribution in [-0.4, -0.2) is 43.6 Å². The summed E-state index contributed by atoms with van der Waals surface area (Å²) in [6.45, 7) is 2.79. The number of rotatable bonds is 7. The second-order valence-electron chi connectivity index (χ2n) is 6.59. The summed E-state index contributed by atoms with van der Waals surface area (Å²) in [7, 11) is 5.84. The molecule has 1 atom stereocenters. The van der Waals surface area contributed by atoms with Gasteiger partial charge < -0.3 is 14.5 Å². The predicted octanol–water partition coefficient (Wildman–Crippen LogP) is 4.37. The molecule has 0 N–H and O–H groups in total. The van der Waals surface area contributed by atoms with Crippen LogP contribution in [-0.2, 0) is 6.42 Å². The number of ether oxygens (including phenoxy) is 1. The van der Waals surface area contributed by atoms with Crippen LogP contribution in [0, 0.1) is 0 Å². The lowest BCUT2D eigenvalue weighted by molar-refractivity contribution is 0.162. The van der Waals surface area contributed by atoms with Gasteiger partial charge in [-0.25, -0.2) is 4.79 Å². The van der Waals surface area contributed by atoms with Crippen molar-refractivity contribution < 1.29 is 9.53 Å². The van der Waals surface area contributed by atoms with Crippen molar-refractivity contribution in [2.75, 3.05) is 27.7 Å². The highest BCUT2D eigenvalue weighted by Gasteiger charge is 2.13.